The second-order valence-corrected chi connectivity index (χ2v) is 4.02. The number of halogens is 5. The third-order valence-corrected chi connectivity index (χ3v) is 2.57. The summed E-state index contributed by atoms with van der Waals surface area (Å²) in [6.07, 6.45) is -4.69. The highest BCUT2D eigenvalue weighted by molar-refractivity contribution is 5.35. The Morgan fingerprint density at radius 3 is 2.43 bits per heavy atom. The lowest BCUT2D eigenvalue weighted by Gasteiger charge is -2.12. The summed E-state index contributed by atoms with van der Waals surface area (Å²) in [5, 5.41) is 0. The molecule has 0 aliphatic heterocycles. The van der Waals surface area contributed by atoms with Gasteiger partial charge in [0.2, 0.25) is 11.7 Å². The Bertz CT molecular complexity index is 657. The molecule has 0 saturated heterocycles. The van der Waals surface area contributed by atoms with E-state index in [1.165, 1.54) is 0 Å². The maximum absolute atomic E-state index is 13.5. The van der Waals surface area contributed by atoms with Gasteiger partial charge in [-0.15, -0.1) is 0 Å². The second kappa shape index (κ2) is 5.65. The standard InChI is InChI=1S/C13H9F5N2O/c14-8-2-1-3-9(11(8)15)21-12-7(6-19)4-5-10(20-12)13(16,17)18/h1-5H,6,19H2. The maximum Gasteiger partial charge on any atom is 0.433 e. The third kappa shape index (κ3) is 3.27. The fourth-order valence-electron chi connectivity index (χ4n) is 1.54. The van der Waals surface area contributed by atoms with Gasteiger partial charge in [0.1, 0.15) is 5.69 Å². The molecule has 2 rings (SSSR count). The van der Waals surface area contributed by atoms with Crippen molar-refractivity contribution in [3.63, 3.8) is 0 Å². The van der Waals surface area contributed by atoms with Crippen molar-refractivity contribution in [2.75, 3.05) is 0 Å². The van der Waals surface area contributed by atoms with Gasteiger partial charge in [0.15, 0.2) is 11.6 Å². The Morgan fingerprint density at radius 1 is 1.10 bits per heavy atom. The third-order valence-electron chi connectivity index (χ3n) is 2.57. The van der Waals surface area contributed by atoms with Crippen molar-refractivity contribution in [1.29, 1.82) is 0 Å². The largest absolute Gasteiger partial charge is 0.435 e. The summed E-state index contributed by atoms with van der Waals surface area (Å²) < 4.78 is 69.3. The molecule has 0 radical (unpaired) electrons. The Kier molecular flexibility index (Phi) is 4.08. The van der Waals surface area contributed by atoms with Crippen LogP contribution in [0.15, 0.2) is 30.3 Å². The normalized spacial score (nSPS) is 11.5. The van der Waals surface area contributed by atoms with Gasteiger partial charge in [-0.05, 0) is 18.2 Å². The molecule has 0 bridgehead atoms. The molecule has 3 nitrogen and oxygen atoms in total. The number of benzene rings is 1. The van der Waals surface area contributed by atoms with E-state index in [0.29, 0.717) is 0 Å². The van der Waals surface area contributed by atoms with Crippen LogP contribution in [0.4, 0.5) is 22.0 Å². The fraction of sp³-hybridized carbons (Fsp3) is 0.154. The highest BCUT2D eigenvalue weighted by atomic mass is 19.4. The second-order valence-electron chi connectivity index (χ2n) is 4.02. The maximum atomic E-state index is 13.5. The number of hydrogen-bond acceptors (Lipinski definition) is 3. The molecule has 0 atom stereocenters. The highest BCUT2D eigenvalue weighted by Crippen LogP contribution is 2.32. The number of aromatic nitrogens is 1. The Morgan fingerprint density at radius 2 is 1.81 bits per heavy atom. The summed E-state index contributed by atoms with van der Waals surface area (Å²) >= 11 is 0. The first-order valence-corrected chi connectivity index (χ1v) is 5.72. The van der Waals surface area contributed by atoms with E-state index in [2.05, 4.69) is 4.98 Å². The Balaban J connectivity index is 2.44. The van der Waals surface area contributed by atoms with Crippen LogP contribution < -0.4 is 10.5 Å². The molecule has 0 fully saturated rings. The summed E-state index contributed by atoms with van der Waals surface area (Å²) in [6.45, 7) is -0.169. The predicted octanol–water partition coefficient (Wildman–Crippen LogP) is 3.63. The summed E-state index contributed by atoms with van der Waals surface area (Å²) in [5.41, 5.74) is 4.28. The van der Waals surface area contributed by atoms with Crippen molar-refractivity contribution in [3.8, 4) is 11.6 Å². The van der Waals surface area contributed by atoms with Crippen molar-refractivity contribution in [3.05, 3.63) is 53.2 Å². The summed E-state index contributed by atoms with van der Waals surface area (Å²) in [5.74, 6) is -3.60. The first kappa shape index (κ1) is 15.2. The Labute approximate surface area is 116 Å². The molecule has 0 aliphatic rings. The van der Waals surface area contributed by atoms with Gasteiger partial charge in [-0.2, -0.15) is 17.6 Å². The molecule has 112 valence electrons. The molecule has 0 saturated carbocycles. The number of alkyl halides is 3. The number of nitrogens with two attached hydrogens (primary N) is 1. The van der Waals surface area contributed by atoms with Crippen LogP contribution in [0.5, 0.6) is 11.6 Å². The minimum Gasteiger partial charge on any atom is -0.435 e. The molecule has 1 aromatic carbocycles. The predicted molar refractivity (Wildman–Crippen MR) is 63.6 cm³/mol. The molecular formula is C13H9F5N2O. The minimum atomic E-state index is -4.69. The quantitative estimate of drug-likeness (QED) is 0.881. The van der Waals surface area contributed by atoms with Crippen LogP contribution in [0.1, 0.15) is 11.3 Å². The van der Waals surface area contributed by atoms with Crippen molar-refractivity contribution < 1.29 is 26.7 Å². The number of pyridine rings is 1. The van der Waals surface area contributed by atoms with E-state index >= 15 is 0 Å². The molecule has 2 N–H and O–H groups in total. The van der Waals surface area contributed by atoms with E-state index in [0.717, 1.165) is 30.3 Å². The van der Waals surface area contributed by atoms with Crippen LogP contribution >= 0.6 is 0 Å². The smallest absolute Gasteiger partial charge is 0.433 e. The fourth-order valence-corrected chi connectivity index (χ4v) is 1.54. The van der Waals surface area contributed by atoms with Gasteiger partial charge in [-0.3, -0.25) is 0 Å². The molecule has 0 amide bonds. The molecule has 21 heavy (non-hydrogen) atoms. The minimum absolute atomic E-state index is 0.131. The number of nitrogens with zero attached hydrogens (tertiary/aromatic N) is 1. The molecule has 0 spiro atoms. The van der Waals surface area contributed by atoms with E-state index in [-0.39, 0.29) is 12.1 Å². The average molecular weight is 304 g/mol. The van der Waals surface area contributed by atoms with Crippen LogP contribution in [-0.4, -0.2) is 4.98 Å². The molecule has 2 aromatic rings. The monoisotopic (exact) mass is 304 g/mol. The molecule has 1 aromatic heterocycles. The summed E-state index contributed by atoms with van der Waals surface area (Å²) in [4.78, 5) is 3.26. The van der Waals surface area contributed by atoms with E-state index in [1.807, 2.05) is 0 Å². The van der Waals surface area contributed by atoms with Gasteiger partial charge in [-0.1, -0.05) is 12.1 Å². The SMILES string of the molecule is NCc1ccc(C(F)(F)F)nc1Oc1cccc(F)c1F. The summed E-state index contributed by atoms with van der Waals surface area (Å²) in [7, 11) is 0. The first-order valence-electron chi connectivity index (χ1n) is 5.72. The van der Waals surface area contributed by atoms with Crippen LogP contribution in [0.25, 0.3) is 0 Å². The van der Waals surface area contributed by atoms with E-state index < -0.39 is 35.1 Å². The van der Waals surface area contributed by atoms with E-state index in [1.54, 1.807) is 0 Å². The van der Waals surface area contributed by atoms with E-state index in [4.69, 9.17) is 10.5 Å². The molecule has 0 unspecified atom stereocenters. The lowest BCUT2D eigenvalue weighted by atomic mass is 10.2. The van der Waals surface area contributed by atoms with Gasteiger partial charge >= 0.3 is 6.18 Å². The number of hydrogen-bond donors (Lipinski definition) is 1. The van der Waals surface area contributed by atoms with Gasteiger partial charge in [0.05, 0.1) is 0 Å². The Hall–Kier alpha value is -2.22. The van der Waals surface area contributed by atoms with Crippen LogP contribution in [-0.2, 0) is 12.7 Å². The average Bonchev–Trinajstić information content (AvgIpc) is 2.43. The zero-order chi connectivity index (χ0) is 15.6. The molecule has 0 aliphatic carbocycles. The number of ether oxygens (including phenoxy) is 1. The topological polar surface area (TPSA) is 48.1 Å². The number of rotatable bonds is 3. The van der Waals surface area contributed by atoms with Gasteiger partial charge < -0.3 is 10.5 Å². The van der Waals surface area contributed by atoms with Crippen molar-refractivity contribution in [1.82, 2.24) is 4.98 Å². The lowest BCUT2D eigenvalue weighted by molar-refractivity contribution is -0.141. The first-order chi connectivity index (χ1) is 9.82. The summed E-state index contributed by atoms with van der Waals surface area (Å²) in [6, 6.07) is 4.88. The van der Waals surface area contributed by atoms with Crippen molar-refractivity contribution in [2.45, 2.75) is 12.7 Å². The van der Waals surface area contributed by atoms with Gasteiger partial charge in [-0.25, -0.2) is 9.37 Å². The molecule has 8 heteroatoms. The van der Waals surface area contributed by atoms with Crippen LogP contribution in [0.3, 0.4) is 0 Å². The van der Waals surface area contributed by atoms with Crippen molar-refractivity contribution >= 4 is 0 Å². The highest BCUT2D eigenvalue weighted by Gasteiger charge is 2.33. The van der Waals surface area contributed by atoms with Crippen LogP contribution in [0, 0.1) is 11.6 Å². The zero-order valence-electron chi connectivity index (χ0n) is 10.4. The van der Waals surface area contributed by atoms with Crippen LogP contribution in [0.2, 0.25) is 0 Å². The van der Waals surface area contributed by atoms with Crippen molar-refractivity contribution in [2.24, 2.45) is 5.73 Å². The van der Waals surface area contributed by atoms with E-state index in [9.17, 15) is 22.0 Å². The van der Waals surface area contributed by atoms with Gasteiger partial charge in [0, 0.05) is 12.1 Å². The molecule has 1 heterocycles. The lowest BCUT2D eigenvalue weighted by Crippen LogP contribution is -2.11. The van der Waals surface area contributed by atoms with Gasteiger partial charge in [0.25, 0.3) is 0 Å². The zero-order valence-corrected chi connectivity index (χ0v) is 10.4. The molecular weight excluding hydrogens is 295 g/mol.